The maximum Gasteiger partial charge on any atom is 0.408 e. The highest BCUT2D eigenvalue weighted by Gasteiger charge is 2.37. The molecule has 1 N–H and O–H groups in total. The van der Waals surface area contributed by atoms with E-state index in [0.29, 0.717) is 5.88 Å². The van der Waals surface area contributed by atoms with Crippen LogP contribution >= 0.6 is 0 Å². The summed E-state index contributed by atoms with van der Waals surface area (Å²) in [5.74, 6) is -0.357. The van der Waals surface area contributed by atoms with E-state index in [1.54, 1.807) is 18.7 Å². The summed E-state index contributed by atoms with van der Waals surface area (Å²) < 4.78 is 11.0. The summed E-state index contributed by atoms with van der Waals surface area (Å²) in [7, 11) is 1.49. The Bertz CT molecular complexity index is 1170. The number of hydrogen-bond acceptors (Lipinski definition) is 5. The van der Waals surface area contributed by atoms with Gasteiger partial charge in [0.1, 0.15) is 6.04 Å². The van der Waals surface area contributed by atoms with Crippen LogP contribution < -0.4 is 4.74 Å². The van der Waals surface area contributed by atoms with Gasteiger partial charge in [0.15, 0.2) is 5.78 Å². The number of carbonyl (C=O) groups excluding carboxylic acids is 1. The van der Waals surface area contributed by atoms with Gasteiger partial charge in [-0.2, -0.15) is 0 Å². The van der Waals surface area contributed by atoms with Crippen molar-refractivity contribution in [2.24, 2.45) is 0 Å². The fraction of sp³-hybridized carbons (Fsp3) is 0.286. The van der Waals surface area contributed by atoms with Gasteiger partial charge in [0.05, 0.1) is 25.9 Å². The van der Waals surface area contributed by atoms with Gasteiger partial charge in [0.25, 0.3) is 0 Å². The minimum Gasteiger partial charge on any atom is -0.481 e. The molecule has 3 aromatic rings. The quantitative estimate of drug-likeness (QED) is 0.440. The van der Waals surface area contributed by atoms with Gasteiger partial charge in [-0.25, -0.2) is 9.78 Å². The van der Waals surface area contributed by atoms with E-state index in [9.17, 15) is 14.7 Å². The number of pyridine rings is 1. The molecule has 1 aromatic heterocycles. The van der Waals surface area contributed by atoms with Crippen LogP contribution in [0.2, 0.25) is 0 Å². The summed E-state index contributed by atoms with van der Waals surface area (Å²) in [6, 6.07) is 17.9. The lowest BCUT2D eigenvalue weighted by Crippen LogP contribution is -2.48. The van der Waals surface area contributed by atoms with Crippen LogP contribution in [0.1, 0.15) is 48.2 Å². The van der Waals surface area contributed by atoms with Crippen molar-refractivity contribution >= 4 is 11.9 Å². The number of Topliss-reactive ketones (excluding diaryl/α,β-unsaturated/α-hetero) is 1. The predicted molar refractivity (Wildman–Crippen MR) is 132 cm³/mol. The first-order valence-electron chi connectivity index (χ1n) is 11.4. The molecule has 1 aliphatic rings. The number of ketones is 1. The van der Waals surface area contributed by atoms with Crippen LogP contribution in [0.4, 0.5) is 4.79 Å². The maximum atomic E-state index is 13.6. The molecule has 7 heteroatoms. The summed E-state index contributed by atoms with van der Waals surface area (Å²) in [5.41, 5.74) is 3.82. The van der Waals surface area contributed by atoms with Crippen molar-refractivity contribution in [3.05, 3.63) is 90.1 Å². The van der Waals surface area contributed by atoms with Gasteiger partial charge < -0.3 is 14.6 Å². The molecule has 7 nitrogen and oxygen atoms in total. The fourth-order valence-electron chi connectivity index (χ4n) is 4.27. The lowest BCUT2D eigenvalue weighted by atomic mass is 9.95. The highest BCUT2D eigenvalue weighted by Crippen LogP contribution is 2.46. The summed E-state index contributed by atoms with van der Waals surface area (Å²) >= 11 is 0. The molecule has 1 heterocycles. The summed E-state index contributed by atoms with van der Waals surface area (Å²) in [6.45, 7) is 7.11. The van der Waals surface area contributed by atoms with Crippen LogP contribution in [0.15, 0.2) is 66.9 Å². The van der Waals surface area contributed by atoms with Gasteiger partial charge in [0.2, 0.25) is 5.88 Å². The van der Waals surface area contributed by atoms with Gasteiger partial charge >= 0.3 is 6.09 Å². The molecule has 1 atom stereocenters. The van der Waals surface area contributed by atoms with Crippen LogP contribution in [-0.2, 0) is 4.74 Å². The average Bonchev–Trinajstić information content (AvgIpc) is 3.16. The van der Waals surface area contributed by atoms with Crippen molar-refractivity contribution in [2.75, 3.05) is 13.7 Å². The number of hydrogen-bond donors (Lipinski definition) is 1. The van der Waals surface area contributed by atoms with Crippen LogP contribution in [0, 0.1) is 6.54 Å². The van der Waals surface area contributed by atoms with E-state index < -0.39 is 23.5 Å². The molecule has 0 saturated carbocycles. The molecule has 35 heavy (non-hydrogen) atoms. The third-order valence-electron chi connectivity index (χ3n) is 5.96. The number of carboxylic acid groups (broad SMARTS) is 1. The standard InChI is InChI=1S/C28H29N2O5/c1-28(2,3)35-17-24(26(31)18-13-14-25(34-4)29-15-18)30(27(32)33)16-23-21-11-7-5-9-19(21)20-10-6-8-12-22(20)23/h5-16,23-24H,17H2,1-4H3,(H,32,33)/t24-/m0/s1. The molecule has 0 saturated heterocycles. The van der Waals surface area contributed by atoms with Crippen molar-refractivity contribution in [1.82, 2.24) is 9.88 Å². The Morgan fingerprint density at radius 2 is 1.63 bits per heavy atom. The van der Waals surface area contributed by atoms with E-state index in [2.05, 4.69) is 4.98 Å². The number of methoxy groups -OCH3 is 1. The van der Waals surface area contributed by atoms with Crippen molar-refractivity contribution in [1.29, 1.82) is 0 Å². The van der Waals surface area contributed by atoms with Crippen molar-refractivity contribution in [3.63, 3.8) is 0 Å². The number of ether oxygens (including phenoxy) is 2. The number of carbonyl (C=O) groups is 2. The number of nitrogens with zero attached hydrogens (tertiary/aromatic N) is 2. The van der Waals surface area contributed by atoms with E-state index in [1.165, 1.54) is 13.3 Å². The zero-order valence-corrected chi connectivity index (χ0v) is 20.3. The Labute approximate surface area is 205 Å². The Morgan fingerprint density at radius 3 is 2.11 bits per heavy atom. The van der Waals surface area contributed by atoms with E-state index in [-0.39, 0.29) is 18.1 Å². The number of amides is 1. The van der Waals surface area contributed by atoms with Crippen LogP contribution in [0.25, 0.3) is 11.1 Å². The Balaban J connectivity index is 1.71. The van der Waals surface area contributed by atoms with Crippen molar-refractivity contribution in [2.45, 2.75) is 38.3 Å². The molecular formula is C28H29N2O5. The molecule has 0 spiro atoms. The summed E-state index contributed by atoms with van der Waals surface area (Å²) in [4.78, 5) is 31.4. The highest BCUT2D eigenvalue weighted by molar-refractivity contribution is 6.01. The fourth-order valence-corrected chi connectivity index (χ4v) is 4.27. The van der Waals surface area contributed by atoms with Crippen molar-refractivity contribution < 1.29 is 24.2 Å². The zero-order chi connectivity index (χ0) is 25.2. The first kappa shape index (κ1) is 24.4. The van der Waals surface area contributed by atoms with Gasteiger partial charge in [-0.15, -0.1) is 0 Å². The van der Waals surface area contributed by atoms with Crippen LogP contribution in [-0.4, -0.2) is 52.2 Å². The number of fused-ring (bicyclic) bond motifs is 3. The van der Waals surface area contributed by atoms with E-state index in [1.807, 2.05) is 69.3 Å². The molecule has 1 aliphatic carbocycles. The van der Waals surface area contributed by atoms with E-state index in [4.69, 9.17) is 9.47 Å². The lowest BCUT2D eigenvalue weighted by molar-refractivity contribution is -0.0246. The van der Waals surface area contributed by atoms with Gasteiger partial charge in [-0.05, 0) is 49.1 Å². The molecule has 0 bridgehead atoms. The van der Waals surface area contributed by atoms with Crippen LogP contribution in [0.5, 0.6) is 5.88 Å². The average molecular weight is 474 g/mol. The maximum absolute atomic E-state index is 13.6. The van der Waals surface area contributed by atoms with Crippen LogP contribution in [0.3, 0.4) is 0 Å². The number of benzene rings is 2. The van der Waals surface area contributed by atoms with Crippen molar-refractivity contribution in [3.8, 4) is 17.0 Å². The largest absolute Gasteiger partial charge is 0.481 e. The molecule has 181 valence electrons. The molecule has 0 fully saturated rings. The topological polar surface area (TPSA) is 89.0 Å². The first-order chi connectivity index (χ1) is 16.7. The normalized spacial score (nSPS) is 13.6. The Hall–Kier alpha value is -3.71. The highest BCUT2D eigenvalue weighted by atomic mass is 16.5. The minimum atomic E-state index is -1.23. The Kier molecular flexibility index (Phi) is 6.89. The SMILES string of the molecule is COc1ccc(C(=O)[C@H](COC(C)(C)C)N([CH]C2c3ccccc3-c3ccccc32)C(=O)O)cn1. The first-order valence-corrected chi connectivity index (χ1v) is 11.4. The smallest absolute Gasteiger partial charge is 0.408 e. The minimum absolute atomic E-state index is 0.104. The van der Waals surface area contributed by atoms with Gasteiger partial charge in [-0.3, -0.25) is 9.69 Å². The van der Waals surface area contributed by atoms with Gasteiger partial charge in [-0.1, -0.05) is 48.5 Å². The number of aromatic nitrogens is 1. The molecular weight excluding hydrogens is 444 g/mol. The third kappa shape index (κ3) is 5.20. The van der Waals surface area contributed by atoms with Gasteiger partial charge in [0, 0.05) is 23.7 Å². The molecule has 1 radical (unpaired) electrons. The monoisotopic (exact) mass is 473 g/mol. The molecule has 4 rings (SSSR count). The molecule has 0 unspecified atom stereocenters. The molecule has 2 aromatic carbocycles. The zero-order valence-electron chi connectivity index (χ0n) is 20.3. The van der Waals surface area contributed by atoms with E-state index in [0.717, 1.165) is 27.2 Å². The lowest BCUT2D eigenvalue weighted by Gasteiger charge is -2.32. The third-order valence-corrected chi connectivity index (χ3v) is 5.96. The molecule has 0 aliphatic heterocycles. The number of rotatable bonds is 8. The van der Waals surface area contributed by atoms with E-state index >= 15 is 0 Å². The Morgan fingerprint density at radius 1 is 1.03 bits per heavy atom. The second kappa shape index (κ2) is 9.88. The predicted octanol–water partition coefficient (Wildman–Crippen LogP) is 5.41. The second-order valence-corrected chi connectivity index (χ2v) is 9.38. The summed E-state index contributed by atoms with van der Waals surface area (Å²) in [6.07, 6.45) is 0.162. The summed E-state index contributed by atoms with van der Waals surface area (Å²) in [5, 5.41) is 10.3. The second-order valence-electron chi connectivity index (χ2n) is 9.38. The molecule has 1 amide bonds.